The van der Waals surface area contributed by atoms with Crippen LogP contribution < -0.4 is 0 Å². The maximum absolute atomic E-state index is 10.7. The summed E-state index contributed by atoms with van der Waals surface area (Å²) in [6, 6.07) is 21.4. The van der Waals surface area contributed by atoms with Crippen LogP contribution in [0, 0.1) is 13.0 Å². The van der Waals surface area contributed by atoms with Crippen LogP contribution in [0.3, 0.4) is 0 Å². The minimum Gasteiger partial charge on any atom is -0.741 e. The zero-order valence-electron chi connectivity index (χ0n) is 31.0. The second kappa shape index (κ2) is 21.8. The van der Waals surface area contributed by atoms with E-state index in [1.54, 1.807) is 55.6 Å². The first-order valence-electron chi connectivity index (χ1n) is 16.4. The molecule has 63 heavy (non-hydrogen) atoms. The van der Waals surface area contributed by atoms with Crippen molar-refractivity contribution >= 4 is 95.0 Å². The van der Waals surface area contributed by atoms with Gasteiger partial charge in [-0.15, -0.1) is 35.0 Å². The number of benzene rings is 2. The van der Waals surface area contributed by atoms with Crippen molar-refractivity contribution in [3.8, 4) is 0 Å². The molecule has 6 aromatic heterocycles. The van der Waals surface area contributed by atoms with Gasteiger partial charge in [0, 0.05) is 63.8 Å². The molecule has 0 aliphatic carbocycles. The van der Waals surface area contributed by atoms with Crippen molar-refractivity contribution in [2.75, 3.05) is 0 Å². The van der Waals surface area contributed by atoms with Crippen molar-refractivity contribution in [1.29, 1.82) is 0 Å². The van der Waals surface area contributed by atoms with Crippen LogP contribution in [0.25, 0.3) is 21.7 Å². The molecule has 0 spiro atoms. The third-order valence-electron chi connectivity index (χ3n) is 7.52. The Balaban J connectivity index is 0.000000234. The van der Waals surface area contributed by atoms with Crippen molar-refractivity contribution in [2.24, 2.45) is 0 Å². The summed E-state index contributed by atoms with van der Waals surface area (Å²) in [7, 11) is -12.2. The number of rotatable bonds is 4. The summed E-state index contributed by atoms with van der Waals surface area (Å²) in [5, 5.41) is 22.6. The molecule has 0 unspecified atom stereocenters. The Bertz CT molecular complexity index is 2700. The Hall–Kier alpha value is -4.61. The molecule has 30 heteroatoms. The summed E-state index contributed by atoms with van der Waals surface area (Å²) in [5.41, 5.74) is -9.00. The zero-order valence-corrected chi connectivity index (χ0v) is 37.2. The molecule has 0 bridgehead atoms. The van der Waals surface area contributed by atoms with E-state index in [2.05, 4.69) is 60.7 Å². The molecule has 0 amide bonds. The van der Waals surface area contributed by atoms with Crippen LogP contribution in [0.5, 0.6) is 0 Å². The normalized spacial score (nSPS) is 11.7. The zero-order chi connectivity index (χ0) is 46.1. The van der Waals surface area contributed by atoms with Crippen LogP contribution in [-0.2, 0) is 40.7 Å². The largest absolute Gasteiger partial charge is 0.741 e. The maximum atomic E-state index is 10.7. The predicted octanol–water partition coefficient (Wildman–Crippen LogP) is 7.69. The summed E-state index contributed by atoms with van der Waals surface area (Å²) < 4.78 is 124. The number of nitrogens with zero attached hydrogens (tertiary/aromatic N) is 10. The average molecular weight is 1090 g/mol. The Morgan fingerprint density at radius 3 is 1.29 bits per heavy atom. The first kappa shape index (κ1) is 52.7. The van der Waals surface area contributed by atoms with E-state index in [0.29, 0.717) is 20.1 Å². The Morgan fingerprint density at radius 1 is 0.603 bits per heavy atom. The minimum absolute atomic E-state index is 0. The van der Waals surface area contributed by atoms with Gasteiger partial charge in [0.05, 0.1) is 44.9 Å². The quantitative estimate of drug-likeness (QED) is 0.0415. The average Bonchev–Trinajstić information content (AvgIpc) is 4.02. The number of pyridine rings is 2. The van der Waals surface area contributed by atoms with Gasteiger partial charge in [0.15, 0.2) is 20.2 Å². The van der Waals surface area contributed by atoms with Crippen molar-refractivity contribution < 1.29 is 72.7 Å². The second-order valence-electron chi connectivity index (χ2n) is 11.8. The maximum Gasteiger partial charge on any atom is 0.485 e. The number of halogens is 10. The van der Waals surface area contributed by atoms with E-state index in [4.69, 9.17) is 72.3 Å². The monoisotopic (exact) mass is 1090 g/mol. The first-order chi connectivity index (χ1) is 28.8. The topological polar surface area (TPSA) is 211 Å². The molecule has 8 rings (SSSR count). The molecule has 0 saturated heterocycles. The molecular weight excluding hydrogens is 1070 g/mol. The number of hydrogen-bond acceptors (Lipinski definition) is 12. The smallest absolute Gasteiger partial charge is 0.485 e. The third kappa shape index (κ3) is 13.9. The molecule has 0 N–H and O–H groups in total. The van der Waals surface area contributed by atoms with Gasteiger partial charge in [0.2, 0.25) is 0 Å². The van der Waals surface area contributed by atoms with E-state index < -0.39 is 37.9 Å². The fraction of sp³-hybridized carbons (Fsp3) is 0.0909. The Morgan fingerprint density at radius 2 is 0.968 bits per heavy atom. The molecule has 16 nitrogen and oxygen atoms in total. The summed E-state index contributed by atoms with van der Waals surface area (Å²) >= 11 is 24.4. The molecule has 0 aliphatic rings. The van der Waals surface area contributed by atoms with Gasteiger partial charge in [-0.3, -0.25) is 4.98 Å². The fourth-order valence-corrected chi connectivity index (χ4v) is 5.48. The molecule has 0 saturated carbocycles. The van der Waals surface area contributed by atoms with E-state index in [-0.39, 0.29) is 20.4 Å². The number of fused-ring (bicyclic) bond motifs is 3. The Labute approximate surface area is 386 Å². The summed E-state index contributed by atoms with van der Waals surface area (Å²) in [4.78, 5) is 8.22. The van der Waals surface area contributed by atoms with Crippen LogP contribution in [0.15, 0.2) is 123 Å². The van der Waals surface area contributed by atoms with Crippen LogP contribution in [0.4, 0.5) is 26.3 Å². The van der Waals surface area contributed by atoms with E-state index >= 15 is 0 Å². The molecule has 0 aliphatic heterocycles. The second-order valence-corrected chi connectivity index (χ2v) is 16.3. The number of hydrogen-bond donors (Lipinski definition) is 0. The predicted molar refractivity (Wildman–Crippen MR) is 215 cm³/mol. The van der Waals surface area contributed by atoms with E-state index in [1.807, 2.05) is 43.5 Å². The molecule has 6 heterocycles. The van der Waals surface area contributed by atoms with Crippen LogP contribution >= 0.6 is 46.4 Å². The summed E-state index contributed by atoms with van der Waals surface area (Å²) in [6.45, 7) is -0.204. The van der Waals surface area contributed by atoms with Gasteiger partial charge in [-0.05, 0) is 41.6 Å². The molecule has 8 aromatic rings. The van der Waals surface area contributed by atoms with Gasteiger partial charge >= 0.3 is 17.7 Å². The van der Waals surface area contributed by atoms with Crippen LogP contribution in [-0.4, -0.2) is 92.4 Å². The number of aryl methyl sites for hydroxylation is 1. The molecule has 0 atom stereocenters. The molecule has 2 aromatic carbocycles. The standard InChI is InChI=1S/C13H8N.C12H8BCl4N8.C6H7N.2CHF3O3S.Pd/c1-2-6-12-10(4-1)7-8-11-5-3-9-14-13(11)12;14-9-1-18-22(5-9)13(23-6-10(15)2-19-23,24-7-11(16)3-20-24)25-8-12(17)4-21-25;1-6-2-4-7-5-3-6;2*2-1(3,4)8(5,6)7;/h1-5,7-9H;1-8H;2-5H,1H3;2*(H,5,6,7);/q2*-1;;;;/p-2. The van der Waals surface area contributed by atoms with Crippen LogP contribution in [0.2, 0.25) is 20.1 Å². The molecule has 340 valence electrons. The Kier molecular flexibility index (Phi) is 18.3. The van der Waals surface area contributed by atoms with Gasteiger partial charge in [0.1, 0.15) is 0 Å². The number of aromatic nitrogens is 10. The van der Waals surface area contributed by atoms with Gasteiger partial charge in [-0.25, -0.2) is 37.2 Å². The van der Waals surface area contributed by atoms with Crippen molar-refractivity contribution in [3.05, 3.63) is 154 Å². The fourth-order valence-electron chi connectivity index (χ4n) is 4.91. The summed E-state index contributed by atoms with van der Waals surface area (Å²) in [5.74, 6) is 0. The SMILES string of the molecule is Cc1ccncc1.Clc1cnn([B-](n2cc(Cl)cn2)(n2cc(Cl)cn2)n2cc(Cl)cn2)c1.O=S(=O)([O-])C(F)(F)F.O=S(=O)([O-])C(F)(F)F.[Pd].[c-]1cccc2ccc3cccnc3c12. The van der Waals surface area contributed by atoms with Gasteiger partial charge in [0.25, 0.3) is 0 Å². The third-order valence-corrected chi connectivity index (χ3v) is 9.43. The minimum atomic E-state index is -6.09. The van der Waals surface area contributed by atoms with Crippen molar-refractivity contribution in [2.45, 2.75) is 17.9 Å². The van der Waals surface area contributed by atoms with E-state index in [1.165, 1.54) is 41.1 Å². The molecular formula is C33H23BCl4F6N10O6PdS2-4. The van der Waals surface area contributed by atoms with Crippen molar-refractivity contribution in [3.63, 3.8) is 0 Å². The van der Waals surface area contributed by atoms with Crippen molar-refractivity contribution in [1.82, 2.24) is 48.7 Å². The van der Waals surface area contributed by atoms with E-state index in [0.717, 1.165) is 10.9 Å². The summed E-state index contributed by atoms with van der Waals surface area (Å²) in [6.07, 6.45) is 17.9. The van der Waals surface area contributed by atoms with E-state index in [9.17, 15) is 26.3 Å². The van der Waals surface area contributed by atoms with Gasteiger partial charge < -0.3 is 32.5 Å². The molecule has 0 fully saturated rings. The van der Waals surface area contributed by atoms with Crippen LogP contribution in [0.1, 0.15) is 5.56 Å². The molecule has 0 radical (unpaired) electrons. The van der Waals surface area contributed by atoms with Gasteiger partial charge in [-0.1, -0.05) is 64.6 Å². The number of alkyl halides is 6. The van der Waals surface area contributed by atoms with Gasteiger partial charge in [-0.2, -0.15) is 26.3 Å². The first-order valence-corrected chi connectivity index (χ1v) is 20.7.